The Bertz CT molecular complexity index is 619. The molecule has 1 saturated heterocycles. The van der Waals surface area contributed by atoms with Crippen LogP contribution in [0.15, 0.2) is 23.2 Å². The van der Waals surface area contributed by atoms with Crippen molar-refractivity contribution >= 4 is 35.8 Å². The largest absolute Gasteiger partial charge is 0.493 e. The number of ether oxygens (including phenoxy) is 2. The third-order valence-corrected chi connectivity index (χ3v) is 4.11. The molecule has 2 rings (SSSR count). The summed E-state index contributed by atoms with van der Waals surface area (Å²) in [7, 11) is 1.59. The summed E-state index contributed by atoms with van der Waals surface area (Å²) in [5.74, 6) is 1.97. The first-order valence-corrected chi connectivity index (χ1v) is 9.27. The van der Waals surface area contributed by atoms with Crippen LogP contribution in [0, 0.1) is 0 Å². The van der Waals surface area contributed by atoms with E-state index in [-0.39, 0.29) is 36.5 Å². The number of carbonyl (C=O) groups is 1. The van der Waals surface area contributed by atoms with Crippen molar-refractivity contribution in [1.82, 2.24) is 15.5 Å². The van der Waals surface area contributed by atoms with Crippen LogP contribution in [0.25, 0.3) is 0 Å². The Kier molecular flexibility index (Phi) is 10.9. The molecule has 152 valence electrons. The highest BCUT2D eigenvalue weighted by Gasteiger charge is 2.15. The summed E-state index contributed by atoms with van der Waals surface area (Å²) in [5.41, 5.74) is 1.03. The minimum Gasteiger partial charge on any atom is -0.493 e. The number of nitrogens with zero attached hydrogens (tertiary/aromatic N) is 2. The number of rotatable bonds is 8. The lowest BCUT2D eigenvalue weighted by Crippen LogP contribution is -2.39. The van der Waals surface area contributed by atoms with E-state index >= 15 is 0 Å². The van der Waals surface area contributed by atoms with Gasteiger partial charge in [0, 0.05) is 26.2 Å². The van der Waals surface area contributed by atoms with E-state index in [2.05, 4.69) is 22.5 Å². The molecule has 1 aliphatic rings. The van der Waals surface area contributed by atoms with Crippen LogP contribution in [0.2, 0.25) is 0 Å². The van der Waals surface area contributed by atoms with Crippen LogP contribution in [0.5, 0.6) is 11.5 Å². The third-order valence-electron chi connectivity index (χ3n) is 4.11. The molecule has 1 amide bonds. The first-order valence-electron chi connectivity index (χ1n) is 9.27. The molecule has 0 bridgehead atoms. The lowest BCUT2D eigenvalue weighted by atomic mass is 10.2. The van der Waals surface area contributed by atoms with Crippen molar-refractivity contribution in [2.24, 2.45) is 4.99 Å². The number of halogens is 1. The minimum atomic E-state index is -0.149. The zero-order valence-corrected chi connectivity index (χ0v) is 18.7. The number of benzene rings is 1. The van der Waals surface area contributed by atoms with Crippen molar-refractivity contribution in [3.8, 4) is 11.5 Å². The van der Waals surface area contributed by atoms with E-state index in [1.54, 1.807) is 7.11 Å². The number of aliphatic imine (C=N–C) groups is 1. The first-order chi connectivity index (χ1) is 12.7. The second-order valence-electron chi connectivity index (χ2n) is 6.09. The molecule has 1 aromatic rings. The molecular weight excluding hydrogens is 459 g/mol. The molecule has 2 N–H and O–H groups in total. The van der Waals surface area contributed by atoms with Gasteiger partial charge in [-0.05, 0) is 44.4 Å². The van der Waals surface area contributed by atoms with Gasteiger partial charge in [0.2, 0.25) is 0 Å². The van der Waals surface area contributed by atoms with Gasteiger partial charge in [0.15, 0.2) is 24.1 Å². The quantitative estimate of drug-likeness (QED) is 0.333. The van der Waals surface area contributed by atoms with Crippen molar-refractivity contribution in [2.75, 3.05) is 39.9 Å². The summed E-state index contributed by atoms with van der Waals surface area (Å²) >= 11 is 0. The number of hydrogen-bond donors (Lipinski definition) is 2. The van der Waals surface area contributed by atoms with E-state index in [0.29, 0.717) is 24.6 Å². The van der Waals surface area contributed by atoms with Crippen LogP contribution in [0.1, 0.15) is 32.3 Å². The van der Waals surface area contributed by atoms with Gasteiger partial charge in [0.05, 0.1) is 13.7 Å². The number of carbonyl (C=O) groups excluding carboxylic acids is 1. The predicted molar refractivity (Wildman–Crippen MR) is 118 cm³/mol. The molecular formula is C19H31IN4O3. The topological polar surface area (TPSA) is 75.2 Å². The molecule has 1 fully saturated rings. The van der Waals surface area contributed by atoms with E-state index in [9.17, 15) is 4.79 Å². The number of hydrogen-bond acceptors (Lipinski definition) is 4. The number of amides is 1. The zero-order chi connectivity index (χ0) is 18.8. The molecule has 0 atom stereocenters. The highest BCUT2D eigenvalue weighted by Crippen LogP contribution is 2.28. The Morgan fingerprint density at radius 2 is 1.85 bits per heavy atom. The molecule has 0 aliphatic carbocycles. The fourth-order valence-corrected chi connectivity index (χ4v) is 2.84. The highest BCUT2D eigenvalue weighted by atomic mass is 127. The van der Waals surface area contributed by atoms with Gasteiger partial charge >= 0.3 is 0 Å². The van der Waals surface area contributed by atoms with Gasteiger partial charge < -0.3 is 25.0 Å². The molecule has 27 heavy (non-hydrogen) atoms. The normalized spacial score (nSPS) is 13.7. The lowest BCUT2D eigenvalue weighted by molar-refractivity contribution is -0.123. The van der Waals surface area contributed by atoms with Gasteiger partial charge in [0.25, 0.3) is 5.91 Å². The molecule has 0 saturated carbocycles. The molecule has 0 radical (unpaired) electrons. The van der Waals surface area contributed by atoms with Gasteiger partial charge in [-0.2, -0.15) is 0 Å². The number of methoxy groups -OCH3 is 1. The van der Waals surface area contributed by atoms with E-state index < -0.39 is 0 Å². The maximum Gasteiger partial charge on any atom is 0.257 e. The van der Waals surface area contributed by atoms with E-state index in [1.165, 1.54) is 12.8 Å². The van der Waals surface area contributed by atoms with E-state index in [0.717, 1.165) is 31.2 Å². The zero-order valence-electron chi connectivity index (χ0n) is 16.4. The van der Waals surface area contributed by atoms with E-state index in [4.69, 9.17) is 14.5 Å². The predicted octanol–water partition coefficient (Wildman–Crippen LogP) is 2.39. The summed E-state index contributed by atoms with van der Waals surface area (Å²) in [5, 5.41) is 6.06. The molecule has 1 aliphatic heterocycles. The standard InChI is InChI=1S/C19H30N4O3.HI/c1-4-20-18(24)14-26-16-9-8-15(12-17(16)25-3)13-22-19(21-5-2)23-10-6-7-11-23;/h8-9,12H,4-7,10-11,13-14H2,1-3H3,(H,20,24)(H,21,22);1H. The fraction of sp³-hybridized carbons (Fsp3) is 0.579. The Hall–Kier alpha value is -1.71. The highest BCUT2D eigenvalue weighted by molar-refractivity contribution is 14.0. The summed E-state index contributed by atoms with van der Waals surface area (Å²) in [6.07, 6.45) is 2.44. The van der Waals surface area contributed by atoms with Crippen molar-refractivity contribution in [3.05, 3.63) is 23.8 Å². The molecule has 1 aromatic carbocycles. The molecule has 1 heterocycles. The number of nitrogens with one attached hydrogen (secondary N) is 2. The maximum atomic E-state index is 11.5. The Morgan fingerprint density at radius 1 is 1.15 bits per heavy atom. The molecule has 8 heteroatoms. The summed E-state index contributed by atoms with van der Waals surface area (Å²) < 4.78 is 11.0. The van der Waals surface area contributed by atoms with Gasteiger partial charge in [-0.3, -0.25) is 4.79 Å². The monoisotopic (exact) mass is 490 g/mol. The Balaban J connectivity index is 0.00000364. The van der Waals surface area contributed by atoms with Gasteiger partial charge in [0.1, 0.15) is 0 Å². The van der Waals surface area contributed by atoms with Gasteiger partial charge in [-0.25, -0.2) is 4.99 Å². The van der Waals surface area contributed by atoms with Gasteiger partial charge in [-0.15, -0.1) is 24.0 Å². The first kappa shape index (κ1) is 23.3. The van der Waals surface area contributed by atoms with Crippen molar-refractivity contribution in [1.29, 1.82) is 0 Å². The van der Waals surface area contributed by atoms with Crippen LogP contribution in [-0.2, 0) is 11.3 Å². The average molecular weight is 490 g/mol. The number of guanidine groups is 1. The summed E-state index contributed by atoms with van der Waals surface area (Å²) in [4.78, 5) is 18.6. The molecule has 7 nitrogen and oxygen atoms in total. The second kappa shape index (κ2) is 12.6. The van der Waals surface area contributed by atoms with E-state index in [1.807, 2.05) is 25.1 Å². The summed E-state index contributed by atoms with van der Waals surface area (Å²) in [6, 6.07) is 5.68. The van der Waals surface area contributed by atoms with Crippen LogP contribution in [0.3, 0.4) is 0 Å². The summed E-state index contributed by atoms with van der Waals surface area (Å²) in [6.45, 7) is 8.04. The lowest BCUT2D eigenvalue weighted by Gasteiger charge is -2.20. The fourth-order valence-electron chi connectivity index (χ4n) is 2.84. The van der Waals surface area contributed by atoms with Crippen molar-refractivity contribution in [3.63, 3.8) is 0 Å². The van der Waals surface area contributed by atoms with Crippen LogP contribution < -0.4 is 20.1 Å². The Labute approximate surface area is 178 Å². The third kappa shape index (κ3) is 7.43. The number of likely N-dealkylation sites (N-methyl/N-ethyl adjacent to an activating group) is 1. The SMILES string of the molecule is CCNC(=O)COc1ccc(CN=C(NCC)N2CCCC2)cc1OC.I. The maximum absolute atomic E-state index is 11.5. The van der Waals surface area contributed by atoms with Crippen LogP contribution in [0.4, 0.5) is 0 Å². The molecule has 0 unspecified atom stereocenters. The van der Waals surface area contributed by atoms with Gasteiger partial charge in [-0.1, -0.05) is 6.07 Å². The number of likely N-dealkylation sites (tertiary alicyclic amines) is 1. The smallest absolute Gasteiger partial charge is 0.257 e. The average Bonchev–Trinajstić information content (AvgIpc) is 3.18. The van der Waals surface area contributed by atoms with Crippen LogP contribution in [-0.4, -0.2) is 56.7 Å². The molecule has 0 aromatic heterocycles. The van der Waals surface area contributed by atoms with Crippen molar-refractivity contribution in [2.45, 2.75) is 33.2 Å². The molecule has 0 spiro atoms. The Morgan fingerprint density at radius 3 is 2.48 bits per heavy atom. The van der Waals surface area contributed by atoms with Crippen LogP contribution >= 0.6 is 24.0 Å². The minimum absolute atomic E-state index is 0. The second-order valence-corrected chi connectivity index (χ2v) is 6.09. The van der Waals surface area contributed by atoms with Crippen molar-refractivity contribution < 1.29 is 14.3 Å².